The van der Waals surface area contributed by atoms with E-state index in [1.807, 2.05) is 61.5 Å². The van der Waals surface area contributed by atoms with E-state index in [2.05, 4.69) is 15.1 Å². The number of aromatic nitrogens is 4. The topological polar surface area (TPSA) is 72.3 Å². The molecule has 0 bridgehead atoms. The Hall–Kier alpha value is -2.96. The fourth-order valence-corrected chi connectivity index (χ4v) is 3.12. The SMILES string of the molecule is CC(OCc1cc(=O)n2nc(-c3ccccc3)nc2[nH]1)c1ccccc1Cl. The predicted molar refractivity (Wildman–Crippen MR) is 104 cm³/mol. The Bertz CT molecular complexity index is 1140. The summed E-state index contributed by atoms with van der Waals surface area (Å²) in [6.07, 6.45) is -0.212. The largest absolute Gasteiger partial charge is 0.368 e. The highest BCUT2D eigenvalue weighted by Crippen LogP contribution is 2.25. The Morgan fingerprint density at radius 2 is 1.89 bits per heavy atom. The van der Waals surface area contributed by atoms with Gasteiger partial charge in [-0.25, -0.2) is 0 Å². The van der Waals surface area contributed by atoms with Gasteiger partial charge in [0, 0.05) is 22.3 Å². The number of rotatable bonds is 5. The van der Waals surface area contributed by atoms with Crippen LogP contribution >= 0.6 is 11.6 Å². The van der Waals surface area contributed by atoms with E-state index in [-0.39, 0.29) is 18.3 Å². The zero-order chi connectivity index (χ0) is 18.8. The van der Waals surface area contributed by atoms with Crippen LogP contribution < -0.4 is 5.56 Å². The molecule has 2 aromatic heterocycles. The van der Waals surface area contributed by atoms with Crippen LogP contribution in [0.2, 0.25) is 5.02 Å². The molecule has 4 aromatic rings. The zero-order valence-corrected chi connectivity index (χ0v) is 15.3. The van der Waals surface area contributed by atoms with Crippen LogP contribution in [0.1, 0.15) is 24.3 Å². The second kappa shape index (κ2) is 7.34. The molecule has 136 valence electrons. The number of H-pyrrole nitrogens is 1. The first-order valence-corrected chi connectivity index (χ1v) is 8.90. The molecule has 0 aliphatic heterocycles. The van der Waals surface area contributed by atoms with E-state index in [0.717, 1.165) is 11.1 Å². The number of hydrogen-bond donors (Lipinski definition) is 1. The minimum absolute atomic E-state index is 0.212. The highest BCUT2D eigenvalue weighted by Gasteiger charge is 2.13. The fraction of sp³-hybridized carbons (Fsp3) is 0.150. The van der Waals surface area contributed by atoms with Crippen molar-refractivity contribution >= 4 is 17.4 Å². The summed E-state index contributed by atoms with van der Waals surface area (Å²) in [7, 11) is 0. The first-order chi connectivity index (χ1) is 13.1. The molecular weight excluding hydrogens is 364 g/mol. The van der Waals surface area contributed by atoms with Crippen LogP contribution in [0, 0.1) is 0 Å². The summed E-state index contributed by atoms with van der Waals surface area (Å²) in [5, 5.41) is 4.93. The number of aromatic amines is 1. The fourth-order valence-electron chi connectivity index (χ4n) is 2.83. The summed E-state index contributed by atoms with van der Waals surface area (Å²) in [6, 6.07) is 18.5. The molecule has 2 aromatic carbocycles. The van der Waals surface area contributed by atoms with Crippen molar-refractivity contribution in [2.24, 2.45) is 0 Å². The standard InChI is InChI=1S/C20H17ClN4O2/c1-13(16-9-5-6-10-17(16)21)27-12-15-11-18(26)25-20(22-15)23-19(24-25)14-7-3-2-4-8-14/h2-11,13H,12H2,1H3,(H,22,23,24). The molecule has 1 N–H and O–H groups in total. The molecule has 4 rings (SSSR count). The highest BCUT2D eigenvalue weighted by molar-refractivity contribution is 6.31. The number of nitrogens with one attached hydrogen (secondary N) is 1. The number of benzene rings is 2. The first-order valence-electron chi connectivity index (χ1n) is 8.52. The number of nitrogens with zero attached hydrogens (tertiary/aromatic N) is 3. The molecule has 27 heavy (non-hydrogen) atoms. The van der Waals surface area contributed by atoms with E-state index in [4.69, 9.17) is 16.3 Å². The Morgan fingerprint density at radius 1 is 1.15 bits per heavy atom. The van der Waals surface area contributed by atoms with Gasteiger partial charge in [0.15, 0.2) is 5.82 Å². The van der Waals surface area contributed by atoms with Gasteiger partial charge in [-0.3, -0.25) is 4.79 Å². The Kier molecular flexibility index (Phi) is 4.75. The third-order valence-corrected chi connectivity index (χ3v) is 4.59. The molecule has 7 heteroatoms. The van der Waals surface area contributed by atoms with Gasteiger partial charge in [0.2, 0.25) is 5.78 Å². The molecule has 0 saturated carbocycles. The third-order valence-electron chi connectivity index (χ3n) is 4.25. The van der Waals surface area contributed by atoms with Crippen molar-refractivity contribution in [1.82, 2.24) is 19.6 Å². The lowest BCUT2D eigenvalue weighted by Gasteiger charge is -2.14. The van der Waals surface area contributed by atoms with Crippen molar-refractivity contribution < 1.29 is 4.74 Å². The lowest BCUT2D eigenvalue weighted by atomic mass is 10.1. The highest BCUT2D eigenvalue weighted by atomic mass is 35.5. The first kappa shape index (κ1) is 17.5. The Balaban J connectivity index is 1.58. The Morgan fingerprint density at radius 3 is 2.67 bits per heavy atom. The summed E-state index contributed by atoms with van der Waals surface area (Å²) in [6.45, 7) is 2.15. The number of ether oxygens (including phenoxy) is 1. The number of hydrogen-bond acceptors (Lipinski definition) is 4. The van der Waals surface area contributed by atoms with E-state index in [0.29, 0.717) is 22.3 Å². The smallest absolute Gasteiger partial charge is 0.275 e. The van der Waals surface area contributed by atoms with Gasteiger partial charge in [0.05, 0.1) is 12.7 Å². The summed E-state index contributed by atoms with van der Waals surface area (Å²) in [5.74, 6) is 0.872. The van der Waals surface area contributed by atoms with Crippen molar-refractivity contribution in [2.45, 2.75) is 19.6 Å². The van der Waals surface area contributed by atoms with Crippen LogP contribution in [-0.4, -0.2) is 19.6 Å². The van der Waals surface area contributed by atoms with Gasteiger partial charge in [-0.1, -0.05) is 60.1 Å². The predicted octanol–water partition coefficient (Wildman–Crippen LogP) is 4.02. The number of halogens is 1. The van der Waals surface area contributed by atoms with Crippen LogP contribution in [0.15, 0.2) is 65.5 Å². The van der Waals surface area contributed by atoms with Gasteiger partial charge >= 0.3 is 0 Å². The molecule has 0 amide bonds. The lowest BCUT2D eigenvalue weighted by Crippen LogP contribution is -2.16. The molecule has 0 aliphatic rings. The summed E-state index contributed by atoms with van der Waals surface area (Å²) in [4.78, 5) is 19.9. The second-order valence-corrected chi connectivity index (χ2v) is 6.55. The normalized spacial score (nSPS) is 12.4. The minimum Gasteiger partial charge on any atom is -0.368 e. The summed E-state index contributed by atoms with van der Waals surface area (Å²) < 4.78 is 7.13. The van der Waals surface area contributed by atoms with E-state index in [1.165, 1.54) is 10.6 Å². The summed E-state index contributed by atoms with van der Waals surface area (Å²) in [5.41, 5.74) is 2.11. The van der Waals surface area contributed by atoms with Crippen molar-refractivity contribution in [1.29, 1.82) is 0 Å². The van der Waals surface area contributed by atoms with Crippen molar-refractivity contribution in [3.63, 3.8) is 0 Å². The molecule has 0 radical (unpaired) electrons. The molecular formula is C20H17ClN4O2. The molecule has 1 unspecified atom stereocenters. The van der Waals surface area contributed by atoms with Gasteiger partial charge in [-0.15, -0.1) is 5.10 Å². The molecule has 0 spiro atoms. The zero-order valence-electron chi connectivity index (χ0n) is 14.6. The van der Waals surface area contributed by atoms with Gasteiger partial charge in [-0.05, 0) is 18.6 Å². The van der Waals surface area contributed by atoms with Crippen molar-refractivity contribution in [2.75, 3.05) is 0 Å². The maximum atomic E-state index is 12.4. The monoisotopic (exact) mass is 380 g/mol. The Labute approximate surface area is 160 Å². The van der Waals surface area contributed by atoms with Crippen LogP contribution in [0.5, 0.6) is 0 Å². The molecule has 0 aliphatic carbocycles. The second-order valence-electron chi connectivity index (χ2n) is 6.14. The average Bonchev–Trinajstić information content (AvgIpc) is 3.12. The lowest BCUT2D eigenvalue weighted by molar-refractivity contribution is 0.0506. The summed E-state index contributed by atoms with van der Waals surface area (Å²) >= 11 is 6.21. The molecule has 6 nitrogen and oxygen atoms in total. The van der Waals surface area contributed by atoms with Crippen LogP contribution in [-0.2, 0) is 11.3 Å². The van der Waals surface area contributed by atoms with Crippen LogP contribution in [0.3, 0.4) is 0 Å². The van der Waals surface area contributed by atoms with Crippen molar-refractivity contribution in [3.8, 4) is 11.4 Å². The third kappa shape index (κ3) is 3.63. The van der Waals surface area contributed by atoms with E-state index in [9.17, 15) is 4.79 Å². The quantitative estimate of drug-likeness (QED) is 0.567. The molecule has 0 fully saturated rings. The van der Waals surface area contributed by atoms with Gasteiger partial charge in [-0.2, -0.15) is 9.50 Å². The number of fused-ring (bicyclic) bond motifs is 1. The van der Waals surface area contributed by atoms with Crippen molar-refractivity contribution in [3.05, 3.63) is 87.3 Å². The maximum absolute atomic E-state index is 12.4. The van der Waals surface area contributed by atoms with E-state index >= 15 is 0 Å². The van der Waals surface area contributed by atoms with Gasteiger partial charge in [0.25, 0.3) is 5.56 Å². The van der Waals surface area contributed by atoms with E-state index < -0.39 is 0 Å². The van der Waals surface area contributed by atoms with Crippen LogP contribution in [0.25, 0.3) is 17.2 Å². The maximum Gasteiger partial charge on any atom is 0.275 e. The molecule has 2 heterocycles. The van der Waals surface area contributed by atoms with E-state index in [1.54, 1.807) is 0 Å². The molecule has 0 saturated heterocycles. The van der Waals surface area contributed by atoms with Gasteiger partial charge < -0.3 is 9.72 Å². The van der Waals surface area contributed by atoms with Crippen LogP contribution in [0.4, 0.5) is 0 Å². The average molecular weight is 381 g/mol. The minimum atomic E-state index is -0.262. The van der Waals surface area contributed by atoms with Gasteiger partial charge in [0.1, 0.15) is 0 Å². The molecule has 1 atom stereocenters.